The fourth-order valence-corrected chi connectivity index (χ4v) is 4.07. The molecule has 3 rings (SSSR count). The third-order valence-corrected chi connectivity index (χ3v) is 6.05. The number of hydrogen-bond acceptors (Lipinski definition) is 8. The van der Waals surface area contributed by atoms with E-state index in [9.17, 15) is 18.5 Å². The van der Waals surface area contributed by atoms with E-state index < -0.39 is 14.8 Å². The van der Waals surface area contributed by atoms with E-state index in [1.165, 1.54) is 18.2 Å². The average Bonchev–Trinajstić information content (AvgIpc) is 3.14. The van der Waals surface area contributed by atoms with Crippen molar-refractivity contribution in [1.29, 1.82) is 0 Å². The van der Waals surface area contributed by atoms with Gasteiger partial charge in [-0.2, -0.15) is 0 Å². The zero-order chi connectivity index (χ0) is 20.1. The van der Waals surface area contributed by atoms with Gasteiger partial charge < -0.3 is 4.42 Å². The number of non-ortho nitro benzene ring substituents is 1. The van der Waals surface area contributed by atoms with Crippen LogP contribution < -0.4 is 0 Å². The predicted molar refractivity (Wildman–Crippen MR) is 105 cm³/mol. The lowest BCUT2D eigenvalue weighted by atomic mass is 10.2. The van der Waals surface area contributed by atoms with Gasteiger partial charge >= 0.3 is 0 Å². The summed E-state index contributed by atoms with van der Waals surface area (Å²) < 4.78 is 30.0. The van der Waals surface area contributed by atoms with Crippen molar-refractivity contribution in [3.8, 4) is 11.5 Å². The van der Waals surface area contributed by atoms with Crippen molar-refractivity contribution >= 4 is 38.9 Å². The van der Waals surface area contributed by atoms with E-state index in [1.54, 1.807) is 24.3 Å². The number of sulfone groups is 1. The lowest BCUT2D eigenvalue weighted by molar-refractivity contribution is -0.384. The molecule has 0 aliphatic heterocycles. The molecule has 0 unspecified atom stereocenters. The summed E-state index contributed by atoms with van der Waals surface area (Å²) in [7, 11) is -3.70. The maximum absolute atomic E-state index is 12.2. The van der Waals surface area contributed by atoms with Crippen LogP contribution in [0.5, 0.6) is 0 Å². The minimum atomic E-state index is -3.70. The molecule has 0 atom stereocenters. The molecular formula is C17H12ClN3O5S2. The van der Waals surface area contributed by atoms with Crippen LogP contribution in [0.4, 0.5) is 5.69 Å². The van der Waals surface area contributed by atoms with Gasteiger partial charge in [-0.25, -0.2) is 8.42 Å². The molecule has 0 aliphatic carbocycles. The van der Waals surface area contributed by atoms with Crippen molar-refractivity contribution in [2.75, 3.05) is 5.75 Å². The highest BCUT2D eigenvalue weighted by Gasteiger charge is 2.14. The van der Waals surface area contributed by atoms with E-state index in [2.05, 4.69) is 10.2 Å². The van der Waals surface area contributed by atoms with Crippen molar-refractivity contribution in [2.45, 2.75) is 10.1 Å². The Morgan fingerprint density at radius 1 is 1.14 bits per heavy atom. The summed E-state index contributed by atoms with van der Waals surface area (Å²) in [6.07, 6.45) is 1.43. The Kier molecular flexibility index (Phi) is 6.12. The van der Waals surface area contributed by atoms with Gasteiger partial charge in [-0.1, -0.05) is 41.6 Å². The van der Waals surface area contributed by atoms with Gasteiger partial charge in [0.15, 0.2) is 9.84 Å². The van der Waals surface area contributed by atoms with E-state index in [0.29, 0.717) is 10.6 Å². The number of nitro groups is 1. The Labute approximate surface area is 169 Å². The fourth-order valence-electron chi connectivity index (χ4n) is 2.13. The van der Waals surface area contributed by atoms with Crippen molar-refractivity contribution in [1.82, 2.24) is 10.2 Å². The molecule has 0 amide bonds. The van der Waals surface area contributed by atoms with Gasteiger partial charge in [0, 0.05) is 23.3 Å². The topological polar surface area (TPSA) is 116 Å². The van der Waals surface area contributed by atoms with Crippen LogP contribution in [0.15, 0.2) is 74.6 Å². The number of nitrogens with zero attached hydrogens (tertiary/aromatic N) is 3. The van der Waals surface area contributed by atoms with Gasteiger partial charge in [0.2, 0.25) is 5.89 Å². The first-order chi connectivity index (χ1) is 13.4. The van der Waals surface area contributed by atoms with Crippen LogP contribution in [0.1, 0.15) is 0 Å². The summed E-state index contributed by atoms with van der Waals surface area (Å²) in [6, 6.07) is 11.7. The number of thioether (sulfide) groups is 1. The Bertz CT molecular complexity index is 1130. The fraction of sp³-hybridized carbons (Fsp3) is 0.0588. The van der Waals surface area contributed by atoms with Gasteiger partial charge in [-0.05, 0) is 24.3 Å². The molecule has 144 valence electrons. The highest BCUT2D eigenvalue weighted by molar-refractivity contribution is 7.99. The average molecular weight is 438 g/mol. The van der Waals surface area contributed by atoms with Gasteiger partial charge in [0.05, 0.1) is 20.4 Å². The molecule has 0 saturated heterocycles. The Balaban J connectivity index is 1.62. The number of benzene rings is 2. The van der Waals surface area contributed by atoms with Crippen LogP contribution in [-0.4, -0.2) is 29.3 Å². The second-order valence-corrected chi connectivity index (χ2v) is 8.54. The quantitative estimate of drug-likeness (QED) is 0.303. The second-order valence-electron chi connectivity index (χ2n) is 5.33. The second kappa shape index (κ2) is 8.55. The standard InChI is InChI=1S/C17H12ClN3O5S2/c18-15-5-2-1-4-14(15)16-19-20-17(26-16)27-10-3-11-28(24,25)13-8-6-12(7-9-13)21(22)23/h1-9,11H,10H2. The summed E-state index contributed by atoms with van der Waals surface area (Å²) in [5.74, 6) is 0.548. The number of nitro benzene ring substituents is 1. The first kappa shape index (κ1) is 20.1. The lowest BCUT2D eigenvalue weighted by Gasteiger charge is -1.98. The summed E-state index contributed by atoms with van der Waals surface area (Å²) in [5, 5.41) is 20.2. The van der Waals surface area contributed by atoms with Gasteiger partial charge in [-0.15, -0.1) is 10.2 Å². The predicted octanol–water partition coefficient (Wildman–Crippen LogP) is 4.38. The summed E-state index contributed by atoms with van der Waals surface area (Å²) >= 11 is 7.24. The number of rotatable bonds is 7. The van der Waals surface area contributed by atoms with Crippen LogP contribution in [0, 0.1) is 10.1 Å². The summed E-state index contributed by atoms with van der Waals surface area (Å²) in [5.41, 5.74) is 0.434. The maximum Gasteiger partial charge on any atom is 0.277 e. The van der Waals surface area contributed by atoms with Crippen molar-refractivity contribution < 1.29 is 17.8 Å². The molecule has 8 nitrogen and oxygen atoms in total. The molecule has 0 fully saturated rings. The molecule has 0 saturated carbocycles. The SMILES string of the molecule is O=[N+]([O-])c1ccc(S(=O)(=O)C=CCSc2nnc(-c3ccccc3Cl)o2)cc1. The van der Waals surface area contributed by atoms with Crippen LogP contribution in [-0.2, 0) is 9.84 Å². The van der Waals surface area contributed by atoms with Crippen LogP contribution in [0.2, 0.25) is 5.02 Å². The van der Waals surface area contributed by atoms with Crippen LogP contribution >= 0.6 is 23.4 Å². The third kappa shape index (κ3) is 4.77. The zero-order valence-corrected chi connectivity index (χ0v) is 16.4. The summed E-state index contributed by atoms with van der Waals surface area (Å²) in [4.78, 5) is 10.0. The molecule has 0 spiro atoms. The minimum absolute atomic E-state index is 0.0295. The summed E-state index contributed by atoms with van der Waals surface area (Å²) in [6.45, 7) is 0. The minimum Gasteiger partial charge on any atom is -0.411 e. The highest BCUT2D eigenvalue weighted by Crippen LogP contribution is 2.28. The van der Waals surface area contributed by atoms with E-state index in [1.807, 2.05) is 0 Å². The molecule has 1 aromatic heterocycles. The molecule has 0 radical (unpaired) electrons. The van der Waals surface area contributed by atoms with E-state index >= 15 is 0 Å². The van der Waals surface area contributed by atoms with Crippen molar-refractivity contribution in [3.63, 3.8) is 0 Å². The first-order valence-electron chi connectivity index (χ1n) is 7.74. The molecule has 0 aliphatic rings. The van der Waals surface area contributed by atoms with Gasteiger partial charge in [-0.3, -0.25) is 10.1 Å². The van der Waals surface area contributed by atoms with Gasteiger partial charge in [0.1, 0.15) is 0 Å². The molecular weight excluding hydrogens is 426 g/mol. The largest absolute Gasteiger partial charge is 0.411 e. The number of halogens is 1. The normalized spacial score (nSPS) is 11.8. The van der Waals surface area contributed by atoms with Gasteiger partial charge in [0.25, 0.3) is 10.9 Å². The first-order valence-corrected chi connectivity index (χ1v) is 10.6. The maximum atomic E-state index is 12.2. The lowest BCUT2D eigenvalue weighted by Crippen LogP contribution is -1.97. The Hall–Kier alpha value is -2.69. The van der Waals surface area contributed by atoms with Crippen molar-refractivity contribution in [2.24, 2.45) is 0 Å². The number of aromatic nitrogens is 2. The smallest absolute Gasteiger partial charge is 0.277 e. The molecule has 11 heteroatoms. The highest BCUT2D eigenvalue weighted by atomic mass is 35.5. The van der Waals surface area contributed by atoms with E-state index in [0.717, 1.165) is 29.3 Å². The van der Waals surface area contributed by atoms with Crippen molar-refractivity contribution in [3.05, 3.63) is 75.2 Å². The molecule has 1 heterocycles. The monoisotopic (exact) mass is 437 g/mol. The van der Waals surface area contributed by atoms with E-state index in [4.69, 9.17) is 16.0 Å². The molecule has 0 N–H and O–H groups in total. The third-order valence-electron chi connectivity index (χ3n) is 3.47. The molecule has 2 aromatic carbocycles. The number of hydrogen-bond donors (Lipinski definition) is 0. The van der Waals surface area contributed by atoms with Crippen LogP contribution in [0.3, 0.4) is 0 Å². The zero-order valence-electron chi connectivity index (χ0n) is 14.1. The molecule has 3 aromatic rings. The Morgan fingerprint density at radius 3 is 2.54 bits per heavy atom. The van der Waals surface area contributed by atoms with E-state index in [-0.39, 0.29) is 27.4 Å². The molecule has 28 heavy (non-hydrogen) atoms. The molecule has 0 bridgehead atoms. The Morgan fingerprint density at radius 2 is 1.86 bits per heavy atom. The van der Waals surface area contributed by atoms with Crippen LogP contribution in [0.25, 0.3) is 11.5 Å².